The number of carbonyl (C=O) groups excluding carboxylic acids is 1. The van der Waals surface area contributed by atoms with Gasteiger partial charge in [-0.2, -0.15) is 0 Å². The first-order valence-corrected chi connectivity index (χ1v) is 8.37. The van der Waals surface area contributed by atoms with Crippen LogP contribution in [0.4, 0.5) is 10.2 Å². The van der Waals surface area contributed by atoms with Crippen LogP contribution in [-0.2, 0) is 0 Å². The highest BCUT2D eigenvalue weighted by molar-refractivity contribution is 5.94. The number of halogens is 1. The van der Waals surface area contributed by atoms with Crippen LogP contribution in [-0.4, -0.2) is 29.0 Å². The average molecular weight is 350 g/mol. The summed E-state index contributed by atoms with van der Waals surface area (Å²) in [4.78, 5) is 20.6. The summed E-state index contributed by atoms with van der Waals surface area (Å²) in [6, 6.07) is 15.3. The second-order valence-electron chi connectivity index (χ2n) is 5.69. The van der Waals surface area contributed by atoms with Gasteiger partial charge in [0.05, 0.1) is 11.3 Å². The lowest BCUT2D eigenvalue weighted by molar-refractivity contribution is 0.0953. The first-order valence-electron chi connectivity index (χ1n) is 8.37. The Hall–Kier alpha value is -3.28. The second kappa shape index (κ2) is 8.71. The van der Waals surface area contributed by atoms with E-state index >= 15 is 0 Å². The summed E-state index contributed by atoms with van der Waals surface area (Å²) in [6.45, 7) is 1.26. The van der Waals surface area contributed by atoms with Crippen LogP contribution in [0.5, 0.6) is 0 Å². The number of nitrogens with one attached hydrogen (secondary N) is 2. The van der Waals surface area contributed by atoms with Crippen LogP contribution in [0.15, 0.2) is 67.0 Å². The van der Waals surface area contributed by atoms with Crippen molar-refractivity contribution in [3.8, 4) is 11.3 Å². The van der Waals surface area contributed by atoms with Crippen LogP contribution in [0.1, 0.15) is 16.8 Å². The fraction of sp³-hybridized carbons (Fsp3) is 0.150. The van der Waals surface area contributed by atoms with Gasteiger partial charge in [0.25, 0.3) is 5.91 Å². The lowest BCUT2D eigenvalue weighted by Crippen LogP contribution is -2.26. The zero-order valence-electron chi connectivity index (χ0n) is 14.2. The van der Waals surface area contributed by atoms with Crippen molar-refractivity contribution >= 4 is 11.7 Å². The minimum absolute atomic E-state index is 0.180. The summed E-state index contributed by atoms with van der Waals surface area (Å²) in [7, 11) is 0. The molecule has 26 heavy (non-hydrogen) atoms. The van der Waals surface area contributed by atoms with Crippen LogP contribution >= 0.6 is 0 Å². The molecule has 0 radical (unpaired) electrons. The van der Waals surface area contributed by atoms with Crippen LogP contribution in [0.2, 0.25) is 0 Å². The van der Waals surface area contributed by atoms with E-state index in [4.69, 9.17) is 0 Å². The Morgan fingerprint density at radius 3 is 2.65 bits per heavy atom. The van der Waals surface area contributed by atoms with Crippen LogP contribution in [0.25, 0.3) is 11.3 Å². The van der Waals surface area contributed by atoms with Gasteiger partial charge < -0.3 is 10.6 Å². The van der Waals surface area contributed by atoms with Crippen molar-refractivity contribution in [2.75, 3.05) is 18.4 Å². The third kappa shape index (κ3) is 4.86. The first kappa shape index (κ1) is 17.5. The Balaban J connectivity index is 1.46. The molecule has 2 N–H and O–H groups in total. The largest absolute Gasteiger partial charge is 0.370 e. The zero-order chi connectivity index (χ0) is 18.2. The molecule has 0 aliphatic rings. The van der Waals surface area contributed by atoms with Gasteiger partial charge in [-0.15, -0.1) is 0 Å². The Morgan fingerprint density at radius 2 is 1.92 bits per heavy atom. The van der Waals surface area contributed by atoms with Gasteiger partial charge in [0.1, 0.15) is 11.6 Å². The number of hydrogen-bond donors (Lipinski definition) is 2. The lowest BCUT2D eigenvalue weighted by Gasteiger charge is -2.07. The van der Waals surface area contributed by atoms with Gasteiger partial charge in [0, 0.05) is 31.0 Å². The predicted octanol–water partition coefficient (Wildman–Crippen LogP) is 3.51. The number of aromatic nitrogens is 2. The van der Waals surface area contributed by atoms with E-state index in [1.54, 1.807) is 30.5 Å². The van der Waals surface area contributed by atoms with Gasteiger partial charge in [-0.1, -0.05) is 18.2 Å². The molecule has 1 amide bonds. The molecule has 0 fully saturated rings. The van der Waals surface area contributed by atoms with Gasteiger partial charge in [0.15, 0.2) is 0 Å². The van der Waals surface area contributed by atoms with E-state index in [0.29, 0.717) is 29.9 Å². The standard InChI is InChI=1S/C20H19FN4O/c21-17-6-3-5-15(13-17)18-9-8-16(14-25-18)20(26)24-12-4-11-23-19-7-1-2-10-22-19/h1-3,5-10,13-14H,4,11-12H2,(H,22,23)(H,24,26). The molecule has 0 saturated carbocycles. The average Bonchev–Trinajstić information content (AvgIpc) is 2.68. The topological polar surface area (TPSA) is 66.9 Å². The Labute approximate surface area is 151 Å². The molecule has 0 aliphatic carbocycles. The minimum atomic E-state index is -0.314. The van der Waals surface area contributed by atoms with Crippen molar-refractivity contribution in [1.29, 1.82) is 0 Å². The fourth-order valence-corrected chi connectivity index (χ4v) is 2.42. The quantitative estimate of drug-likeness (QED) is 0.640. The number of benzene rings is 1. The smallest absolute Gasteiger partial charge is 0.252 e. The molecule has 0 bridgehead atoms. The van der Waals surface area contributed by atoms with Gasteiger partial charge in [-0.25, -0.2) is 9.37 Å². The van der Waals surface area contributed by atoms with E-state index in [1.165, 1.54) is 18.3 Å². The highest BCUT2D eigenvalue weighted by Gasteiger charge is 2.07. The van der Waals surface area contributed by atoms with Gasteiger partial charge in [0.2, 0.25) is 0 Å². The van der Waals surface area contributed by atoms with Crippen molar-refractivity contribution in [2.45, 2.75) is 6.42 Å². The Morgan fingerprint density at radius 1 is 1.00 bits per heavy atom. The molecule has 0 spiro atoms. The number of nitrogens with zero attached hydrogens (tertiary/aromatic N) is 2. The zero-order valence-corrected chi connectivity index (χ0v) is 14.2. The highest BCUT2D eigenvalue weighted by Crippen LogP contribution is 2.17. The number of hydrogen-bond acceptors (Lipinski definition) is 4. The predicted molar refractivity (Wildman–Crippen MR) is 99.3 cm³/mol. The normalized spacial score (nSPS) is 10.3. The summed E-state index contributed by atoms with van der Waals surface area (Å²) in [5, 5.41) is 6.04. The maximum Gasteiger partial charge on any atom is 0.252 e. The van der Waals surface area contributed by atoms with Crippen molar-refractivity contribution in [1.82, 2.24) is 15.3 Å². The molecule has 1 aromatic carbocycles. The summed E-state index contributed by atoms with van der Waals surface area (Å²) in [6.07, 6.45) is 4.00. The van der Waals surface area contributed by atoms with E-state index in [-0.39, 0.29) is 11.7 Å². The van der Waals surface area contributed by atoms with Crippen LogP contribution in [0, 0.1) is 5.82 Å². The van der Waals surface area contributed by atoms with Crippen LogP contribution in [0.3, 0.4) is 0 Å². The number of anilines is 1. The van der Waals surface area contributed by atoms with E-state index in [9.17, 15) is 9.18 Å². The molecular weight excluding hydrogens is 331 g/mol. The van der Waals surface area contributed by atoms with Crippen molar-refractivity contribution < 1.29 is 9.18 Å². The third-order valence-electron chi connectivity index (χ3n) is 3.76. The monoisotopic (exact) mass is 350 g/mol. The molecule has 3 aromatic rings. The number of carbonyl (C=O) groups is 1. The minimum Gasteiger partial charge on any atom is -0.370 e. The first-order chi connectivity index (χ1) is 12.7. The number of rotatable bonds is 7. The molecule has 6 heteroatoms. The van der Waals surface area contributed by atoms with E-state index in [0.717, 1.165) is 12.2 Å². The molecule has 0 saturated heterocycles. The fourth-order valence-electron chi connectivity index (χ4n) is 2.42. The molecule has 3 rings (SSSR count). The summed E-state index contributed by atoms with van der Waals surface area (Å²) in [5.74, 6) is 0.322. The maximum absolute atomic E-state index is 13.3. The Bertz CT molecular complexity index is 853. The number of amides is 1. The summed E-state index contributed by atoms with van der Waals surface area (Å²) < 4.78 is 13.3. The Kier molecular flexibility index (Phi) is 5.88. The van der Waals surface area contributed by atoms with E-state index in [2.05, 4.69) is 20.6 Å². The van der Waals surface area contributed by atoms with Crippen molar-refractivity contribution in [3.05, 3.63) is 78.4 Å². The molecule has 2 aromatic heterocycles. The molecule has 2 heterocycles. The van der Waals surface area contributed by atoms with Crippen LogP contribution < -0.4 is 10.6 Å². The SMILES string of the molecule is O=C(NCCCNc1ccccn1)c1ccc(-c2cccc(F)c2)nc1. The van der Waals surface area contributed by atoms with Crippen molar-refractivity contribution in [3.63, 3.8) is 0 Å². The van der Waals surface area contributed by atoms with Gasteiger partial charge >= 0.3 is 0 Å². The summed E-state index contributed by atoms with van der Waals surface area (Å²) in [5.41, 5.74) is 1.78. The number of pyridine rings is 2. The maximum atomic E-state index is 13.3. The molecule has 0 aliphatic heterocycles. The summed E-state index contributed by atoms with van der Waals surface area (Å²) >= 11 is 0. The van der Waals surface area contributed by atoms with E-state index in [1.807, 2.05) is 18.2 Å². The van der Waals surface area contributed by atoms with Crippen molar-refractivity contribution in [2.24, 2.45) is 0 Å². The molecule has 0 unspecified atom stereocenters. The molecular formula is C20H19FN4O. The second-order valence-corrected chi connectivity index (χ2v) is 5.69. The van der Waals surface area contributed by atoms with Gasteiger partial charge in [-0.3, -0.25) is 9.78 Å². The van der Waals surface area contributed by atoms with E-state index < -0.39 is 0 Å². The third-order valence-corrected chi connectivity index (χ3v) is 3.76. The molecule has 0 atom stereocenters. The molecule has 132 valence electrons. The highest BCUT2D eigenvalue weighted by atomic mass is 19.1. The van der Waals surface area contributed by atoms with Gasteiger partial charge in [-0.05, 0) is 42.8 Å². The molecule has 5 nitrogen and oxygen atoms in total. The lowest BCUT2D eigenvalue weighted by atomic mass is 10.1.